The van der Waals surface area contributed by atoms with Gasteiger partial charge in [0.1, 0.15) is 41.7 Å². The number of pyridine rings is 1. The number of esters is 1. The number of hydrogen-bond acceptors (Lipinski definition) is 7. The fourth-order valence-corrected chi connectivity index (χ4v) is 5.37. The molecule has 1 unspecified atom stereocenters. The van der Waals surface area contributed by atoms with Crippen LogP contribution in [0.1, 0.15) is 39.4 Å². The molecule has 2 aromatic carbocycles. The number of aromatic nitrogens is 1. The topological polar surface area (TPSA) is 112 Å². The molecule has 0 spiro atoms. The van der Waals surface area contributed by atoms with Crippen molar-refractivity contribution in [3.63, 3.8) is 0 Å². The van der Waals surface area contributed by atoms with Crippen LogP contribution in [-0.2, 0) is 24.1 Å². The van der Waals surface area contributed by atoms with Crippen molar-refractivity contribution in [1.82, 2.24) is 10.3 Å². The Hall–Kier alpha value is -3.77. The summed E-state index contributed by atoms with van der Waals surface area (Å²) in [5.41, 5.74) is -0.353. The molecular formula is C25H23F3N2O6S. The Morgan fingerprint density at radius 2 is 1.68 bits per heavy atom. The van der Waals surface area contributed by atoms with Crippen molar-refractivity contribution in [2.24, 2.45) is 0 Å². The third kappa shape index (κ3) is 6.71. The van der Waals surface area contributed by atoms with Gasteiger partial charge in [-0.25, -0.2) is 26.4 Å². The van der Waals surface area contributed by atoms with E-state index in [0.717, 1.165) is 48.7 Å². The zero-order valence-corrected chi connectivity index (χ0v) is 20.7. The summed E-state index contributed by atoms with van der Waals surface area (Å²) in [6.07, 6.45) is 1.08. The van der Waals surface area contributed by atoms with Gasteiger partial charge in [0.15, 0.2) is 9.84 Å². The maximum Gasteiger partial charge on any atom is 0.332 e. The Kier molecular flexibility index (Phi) is 9.00. The minimum atomic E-state index is -4.43. The van der Waals surface area contributed by atoms with E-state index < -0.39 is 50.0 Å². The second kappa shape index (κ2) is 12.0. The molecule has 1 atom stereocenters. The molecule has 0 aliphatic carbocycles. The van der Waals surface area contributed by atoms with Crippen molar-refractivity contribution in [2.45, 2.75) is 24.0 Å². The van der Waals surface area contributed by atoms with E-state index in [1.165, 1.54) is 13.0 Å². The minimum absolute atomic E-state index is 0.0102. The van der Waals surface area contributed by atoms with Crippen molar-refractivity contribution >= 4 is 21.7 Å². The Labute approximate surface area is 211 Å². The van der Waals surface area contributed by atoms with Gasteiger partial charge in [0, 0.05) is 11.8 Å². The van der Waals surface area contributed by atoms with E-state index >= 15 is 0 Å². The highest BCUT2D eigenvalue weighted by molar-refractivity contribution is 7.92. The number of rotatable bonds is 10. The molecule has 1 N–H and O–H groups in total. The number of nitrogens with one attached hydrogen (secondary N) is 1. The number of sulfone groups is 1. The highest BCUT2D eigenvalue weighted by Gasteiger charge is 2.35. The molecule has 3 aromatic rings. The Bertz CT molecular complexity index is 1400. The molecule has 0 aliphatic heterocycles. The Morgan fingerprint density at radius 3 is 2.32 bits per heavy atom. The van der Waals surface area contributed by atoms with Gasteiger partial charge in [0.25, 0.3) is 5.91 Å². The second-order valence-corrected chi connectivity index (χ2v) is 9.81. The van der Waals surface area contributed by atoms with E-state index in [2.05, 4.69) is 10.3 Å². The van der Waals surface area contributed by atoms with Gasteiger partial charge < -0.3 is 14.8 Å². The van der Waals surface area contributed by atoms with Gasteiger partial charge in [0.05, 0.1) is 11.5 Å². The van der Waals surface area contributed by atoms with E-state index in [9.17, 15) is 31.2 Å². The van der Waals surface area contributed by atoms with E-state index in [-0.39, 0.29) is 41.7 Å². The number of carbonyl (C=O) groups excluding carboxylic acids is 2. The Balaban J connectivity index is 1.95. The number of ether oxygens (including phenoxy) is 2. The number of aryl methyl sites for hydroxylation is 1. The molecule has 37 heavy (non-hydrogen) atoms. The average Bonchev–Trinajstić information content (AvgIpc) is 2.85. The van der Waals surface area contributed by atoms with Gasteiger partial charge in [-0.1, -0.05) is 0 Å². The van der Waals surface area contributed by atoms with Crippen LogP contribution in [0.3, 0.4) is 0 Å². The maximum absolute atomic E-state index is 14.8. The highest BCUT2D eigenvalue weighted by Crippen LogP contribution is 2.38. The van der Waals surface area contributed by atoms with Crippen molar-refractivity contribution in [3.8, 4) is 0 Å². The minimum Gasteiger partial charge on any atom is -0.464 e. The molecule has 0 aliphatic rings. The number of amides is 1. The van der Waals surface area contributed by atoms with Crippen molar-refractivity contribution in [1.29, 1.82) is 0 Å². The summed E-state index contributed by atoms with van der Waals surface area (Å²) in [6, 6.07) is 7.62. The van der Waals surface area contributed by atoms with Crippen molar-refractivity contribution in [3.05, 3.63) is 94.6 Å². The third-order valence-corrected chi connectivity index (χ3v) is 7.28. The smallest absolute Gasteiger partial charge is 0.332 e. The normalized spacial score (nSPS) is 12.1. The van der Waals surface area contributed by atoms with E-state index in [1.807, 2.05) is 0 Å². The van der Waals surface area contributed by atoms with Crippen LogP contribution < -0.4 is 5.32 Å². The van der Waals surface area contributed by atoms with E-state index in [0.29, 0.717) is 0 Å². The summed E-state index contributed by atoms with van der Waals surface area (Å²) in [6.45, 7) is 2.60. The fourth-order valence-electron chi connectivity index (χ4n) is 3.49. The summed E-state index contributed by atoms with van der Waals surface area (Å²) in [7, 11) is -4.43. The number of halogens is 3. The predicted octanol–water partition coefficient (Wildman–Crippen LogP) is 3.64. The van der Waals surface area contributed by atoms with Crippen LogP contribution in [0.2, 0.25) is 0 Å². The van der Waals surface area contributed by atoms with Crippen LogP contribution in [0.4, 0.5) is 13.2 Å². The standard InChI is InChI=1S/C25H23F3N2O6S/c1-3-36-23(31)13-35-14-30-25(32)22-10-15(2)20(12-29-22)24(19-11-17(27)6-9-21(19)28)37(33,34)18-7-4-16(26)5-8-18/h4-12,24H,3,13-14H2,1-2H3,(H,30,32). The van der Waals surface area contributed by atoms with Gasteiger partial charge in [-0.05, 0) is 73.5 Å². The van der Waals surface area contributed by atoms with Crippen LogP contribution in [-0.4, -0.2) is 45.2 Å². The molecule has 1 amide bonds. The van der Waals surface area contributed by atoms with Crippen LogP contribution >= 0.6 is 0 Å². The number of nitrogens with zero attached hydrogens (tertiary/aromatic N) is 1. The number of benzene rings is 2. The maximum atomic E-state index is 14.8. The van der Waals surface area contributed by atoms with Crippen molar-refractivity contribution in [2.75, 3.05) is 19.9 Å². The predicted molar refractivity (Wildman–Crippen MR) is 126 cm³/mol. The second-order valence-electron chi connectivity index (χ2n) is 7.77. The molecule has 12 heteroatoms. The van der Waals surface area contributed by atoms with Gasteiger partial charge in [0.2, 0.25) is 0 Å². The molecule has 1 aromatic heterocycles. The summed E-state index contributed by atoms with van der Waals surface area (Å²) >= 11 is 0. The van der Waals surface area contributed by atoms with Gasteiger partial charge >= 0.3 is 5.97 Å². The average molecular weight is 537 g/mol. The molecule has 196 valence electrons. The van der Waals surface area contributed by atoms with Crippen LogP contribution in [0.5, 0.6) is 0 Å². The van der Waals surface area contributed by atoms with Crippen LogP contribution in [0.25, 0.3) is 0 Å². The molecule has 0 radical (unpaired) electrons. The lowest BCUT2D eigenvalue weighted by molar-refractivity contribution is -0.148. The monoisotopic (exact) mass is 536 g/mol. The first-order chi connectivity index (χ1) is 17.5. The summed E-state index contributed by atoms with van der Waals surface area (Å²) < 4.78 is 79.2. The SMILES string of the molecule is CCOC(=O)COCNC(=O)c1cc(C)c(C(c2cc(F)ccc2F)S(=O)(=O)c2ccc(F)cc2)cn1. The molecule has 0 bridgehead atoms. The van der Waals surface area contributed by atoms with Crippen molar-refractivity contribution < 1.29 is 40.7 Å². The molecule has 0 saturated carbocycles. The van der Waals surface area contributed by atoms with Gasteiger partial charge in [-0.2, -0.15) is 0 Å². The zero-order chi connectivity index (χ0) is 27.2. The summed E-state index contributed by atoms with van der Waals surface area (Å²) in [4.78, 5) is 27.4. The van der Waals surface area contributed by atoms with Gasteiger partial charge in [-0.3, -0.25) is 9.78 Å². The quantitative estimate of drug-likeness (QED) is 0.182. The molecule has 0 fully saturated rings. The molecular weight excluding hydrogens is 513 g/mol. The molecule has 3 rings (SSSR count). The lowest BCUT2D eigenvalue weighted by Crippen LogP contribution is -2.29. The first kappa shape index (κ1) is 27.8. The lowest BCUT2D eigenvalue weighted by atomic mass is 10.0. The fraction of sp³-hybridized carbons (Fsp3) is 0.240. The first-order valence-electron chi connectivity index (χ1n) is 11.0. The number of hydrogen-bond donors (Lipinski definition) is 1. The Morgan fingerprint density at radius 1 is 1.00 bits per heavy atom. The molecule has 0 saturated heterocycles. The summed E-state index contributed by atoms with van der Waals surface area (Å²) in [5, 5.41) is 0.643. The number of carbonyl (C=O) groups is 2. The van der Waals surface area contributed by atoms with Gasteiger partial charge in [-0.15, -0.1) is 0 Å². The van der Waals surface area contributed by atoms with Crippen LogP contribution in [0, 0.1) is 24.4 Å². The van der Waals surface area contributed by atoms with Crippen LogP contribution in [0.15, 0.2) is 59.6 Å². The third-order valence-electron chi connectivity index (χ3n) is 5.22. The first-order valence-corrected chi connectivity index (χ1v) is 12.5. The van der Waals surface area contributed by atoms with E-state index in [4.69, 9.17) is 9.47 Å². The summed E-state index contributed by atoms with van der Waals surface area (Å²) in [5.74, 6) is -3.80. The lowest BCUT2D eigenvalue weighted by Gasteiger charge is -2.21. The zero-order valence-electron chi connectivity index (χ0n) is 19.8. The molecule has 1 heterocycles. The molecule has 8 nitrogen and oxygen atoms in total. The highest BCUT2D eigenvalue weighted by atomic mass is 32.2. The largest absolute Gasteiger partial charge is 0.464 e. The van der Waals surface area contributed by atoms with E-state index in [1.54, 1.807) is 6.92 Å².